The molecule has 4 nitrogen and oxygen atoms in total. The Morgan fingerprint density at radius 2 is 2.23 bits per heavy atom. The first-order valence-corrected chi connectivity index (χ1v) is 7.81. The van der Waals surface area contributed by atoms with Crippen LogP contribution in [-0.2, 0) is 0 Å². The van der Waals surface area contributed by atoms with Crippen LogP contribution in [-0.4, -0.2) is 35.0 Å². The number of amides is 1. The third kappa shape index (κ3) is 3.31. The summed E-state index contributed by atoms with van der Waals surface area (Å²) in [5.74, 6) is 0.669. The maximum absolute atomic E-state index is 12.5. The van der Waals surface area contributed by atoms with Gasteiger partial charge in [0.15, 0.2) is 0 Å². The van der Waals surface area contributed by atoms with Crippen LogP contribution >= 0.6 is 23.8 Å². The summed E-state index contributed by atoms with van der Waals surface area (Å²) in [5, 5.41) is 0.638. The highest BCUT2D eigenvalue weighted by atomic mass is 35.5. The summed E-state index contributed by atoms with van der Waals surface area (Å²) in [6, 6.07) is 10.8. The molecular weight excluding hydrogens is 320 g/mol. The monoisotopic (exact) mass is 334 g/mol. The van der Waals surface area contributed by atoms with Gasteiger partial charge in [-0.2, -0.15) is 0 Å². The van der Waals surface area contributed by atoms with Gasteiger partial charge >= 0.3 is 0 Å². The van der Waals surface area contributed by atoms with Crippen molar-refractivity contribution < 1.29 is 9.53 Å². The Morgan fingerprint density at radius 1 is 1.36 bits per heavy atom. The van der Waals surface area contributed by atoms with Gasteiger partial charge in [-0.3, -0.25) is 4.79 Å². The molecule has 1 fully saturated rings. The first kappa shape index (κ1) is 15.1. The minimum Gasteiger partial charge on any atom is -0.488 e. The average Bonchev–Trinajstić information content (AvgIpc) is 2.95. The summed E-state index contributed by atoms with van der Waals surface area (Å²) in [7, 11) is 0. The van der Waals surface area contributed by atoms with E-state index < -0.39 is 0 Å². The number of halogens is 1. The molecule has 22 heavy (non-hydrogen) atoms. The quantitative estimate of drug-likeness (QED) is 0.871. The lowest BCUT2D eigenvalue weighted by atomic mass is 10.2. The Kier molecular flexibility index (Phi) is 4.45. The second kappa shape index (κ2) is 6.50. The summed E-state index contributed by atoms with van der Waals surface area (Å²) in [5.41, 5.74) is 0.529. The standard InChI is InChI=1S/C16H15ClN2O2S/c17-11-3-1-4-12(9-11)21-13-6-8-19(10-13)16(20)14-5-2-7-18-15(14)22/h1-5,7,9,13H,6,8,10H2,(H,18,22)/t13-/m1/s1. The molecule has 0 saturated carbocycles. The van der Waals surface area contributed by atoms with Gasteiger partial charge in [0.25, 0.3) is 5.91 Å². The zero-order valence-corrected chi connectivity index (χ0v) is 13.4. The van der Waals surface area contributed by atoms with Crippen molar-refractivity contribution >= 4 is 29.7 Å². The van der Waals surface area contributed by atoms with E-state index in [4.69, 9.17) is 28.6 Å². The third-order valence-electron chi connectivity index (χ3n) is 3.58. The second-order valence-corrected chi connectivity index (χ2v) is 5.99. The van der Waals surface area contributed by atoms with Crippen molar-refractivity contribution in [1.82, 2.24) is 9.88 Å². The van der Waals surface area contributed by atoms with Gasteiger partial charge in [-0.05, 0) is 30.3 Å². The molecule has 2 aromatic rings. The third-order valence-corrected chi connectivity index (χ3v) is 4.15. The number of carbonyl (C=O) groups is 1. The Bertz CT molecular complexity index is 747. The van der Waals surface area contributed by atoms with Crippen LogP contribution in [0, 0.1) is 4.64 Å². The summed E-state index contributed by atoms with van der Waals surface area (Å²) in [6.07, 6.45) is 2.49. The molecule has 1 aliphatic rings. The van der Waals surface area contributed by atoms with Crippen molar-refractivity contribution in [3.63, 3.8) is 0 Å². The summed E-state index contributed by atoms with van der Waals surface area (Å²) in [4.78, 5) is 17.1. The molecule has 1 aromatic heterocycles. The van der Waals surface area contributed by atoms with E-state index in [-0.39, 0.29) is 12.0 Å². The van der Waals surface area contributed by atoms with Crippen LogP contribution in [0.3, 0.4) is 0 Å². The fraction of sp³-hybridized carbons (Fsp3) is 0.250. The highest BCUT2D eigenvalue weighted by Crippen LogP contribution is 2.22. The lowest BCUT2D eigenvalue weighted by Crippen LogP contribution is -2.31. The molecule has 6 heteroatoms. The van der Waals surface area contributed by atoms with Crippen LogP contribution in [0.25, 0.3) is 0 Å². The zero-order chi connectivity index (χ0) is 15.5. The minimum atomic E-state index is -0.0564. The summed E-state index contributed by atoms with van der Waals surface area (Å²) in [6.45, 7) is 1.21. The van der Waals surface area contributed by atoms with E-state index in [2.05, 4.69) is 4.98 Å². The van der Waals surface area contributed by atoms with Crippen molar-refractivity contribution in [2.75, 3.05) is 13.1 Å². The van der Waals surface area contributed by atoms with Crippen LogP contribution in [0.5, 0.6) is 5.75 Å². The van der Waals surface area contributed by atoms with Gasteiger partial charge in [-0.1, -0.05) is 29.9 Å². The molecule has 3 rings (SSSR count). The van der Waals surface area contributed by atoms with Gasteiger partial charge < -0.3 is 14.6 Å². The average molecular weight is 335 g/mol. The Labute approximate surface area is 138 Å². The molecule has 1 aliphatic heterocycles. The van der Waals surface area contributed by atoms with Crippen LogP contribution in [0.2, 0.25) is 5.02 Å². The van der Waals surface area contributed by atoms with Gasteiger partial charge in [0.1, 0.15) is 16.5 Å². The number of H-pyrrole nitrogens is 1. The number of hydrogen-bond donors (Lipinski definition) is 1. The number of nitrogens with zero attached hydrogens (tertiary/aromatic N) is 1. The second-order valence-electron chi connectivity index (χ2n) is 5.15. The molecule has 1 aromatic carbocycles. The maximum atomic E-state index is 12.5. The molecule has 1 N–H and O–H groups in total. The normalized spacial score (nSPS) is 17.5. The van der Waals surface area contributed by atoms with Crippen molar-refractivity contribution in [2.45, 2.75) is 12.5 Å². The number of likely N-dealkylation sites (tertiary alicyclic amines) is 1. The van der Waals surface area contributed by atoms with E-state index >= 15 is 0 Å². The van der Waals surface area contributed by atoms with Crippen molar-refractivity contribution in [2.24, 2.45) is 0 Å². The van der Waals surface area contributed by atoms with Crippen molar-refractivity contribution in [1.29, 1.82) is 0 Å². The predicted octanol–water partition coefficient (Wildman–Crippen LogP) is 3.69. The minimum absolute atomic E-state index is 0.0244. The van der Waals surface area contributed by atoms with Gasteiger partial charge in [0, 0.05) is 24.2 Å². The van der Waals surface area contributed by atoms with E-state index in [0.29, 0.717) is 28.3 Å². The molecule has 114 valence electrons. The Morgan fingerprint density at radius 3 is 3.00 bits per heavy atom. The van der Waals surface area contributed by atoms with Crippen LogP contribution < -0.4 is 4.74 Å². The molecule has 0 bridgehead atoms. The Balaban J connectivity index is 1.66. The number of benzene rings is 1. The van der Waals surface area contributed by atoms with Gasteiger partial charge in [-0.15, -0.1) is 0 Å². The van der Waals surface area contributed by atoms with E-state index in [9.17, 15) is 4.79 Å². The SMILES string of the molecule is O=C(c1ccc[nH]c1=S)N1CC[C@@H](Oc2cccc(Cl)c2)C1. The molecule has 0 unspecified atom stereocenters. The number of rotatable bonds is 3. The molecule has 2 heterocycles. The van der Waals surface area contributed by atoms with E-state index in [1.54, 1.807) is 35.4 Å². The van der Waals surface area contributed by atoms with Gasteiger partial charge in [-0.25, -0.2) is 0 Å². The first-order valence-electron chi connectivity index (χ1n) is 7.02. The number of aromatic nitrogens is 1. The number of aromatic amines is 1. The molecule has 1 atom stereocenters. The number of ether oxygens (including phenoxy) is 1. The van der Waals surface area contributed by atoms with Crippen LogP contribution in [0.4, 0.5) is 0 Å². The summed E-state index contributed by atoms with van der Waals surface area (Å²) < 4.78 is 6.36. The van der Waals surface area contributed by atoms with Crippen LogP contribution in [0.15, 0.2) is 42.6 Å². The molecule has 1 amide bonds. The predicted molar refractivity (Wildman–Crippen MR) is 88.0 cm³/mol. The number of carbonyl (C=O) groups excluding carboxylic acids is 1. The van der Waals surface area contributed by atoms with Crippen molar-refractivity contribution in [3.8, 4) is 5.75 Å². The topological polar surface area (TPSA) is 45.3 Å². The number of hydrogen-bond acceptors (Lipinski definition) is 3. The number of pyridine rings is 1. The van der Waals surface area contributed by atoms with Crippen LogP contribution in [0.1, 0.15) is 16.8 Å². The molecule has 0 spiro atoms. The maximum Gasteiger partial charge on any atom is 0.256 e. The van der Waals surface area contributed by atoms with E-state index in [1.807, 2.05) is 12.1 Å². The highest BCUT2D eigenvalue weighted by Gasteiger charge is 2.28. The first-order chi connectivity index (χ1) is 10.6. The Hall–Kier alpha value is -1.85. The lowest BCUT2D eigenvalue weighted by molar-refractivity contribution is 0.0771. The molecular formula is C16H15ClN2O2S. The van der Waals surface area contributed by atoms with E-state index in [1.165, 1.54) is 0 Å². The largest absolute Gasteiger partial charge is 0.488 e. The van der Waals surface area contributed by atoms with E-state index in [0.717, 1.165) is 12.2 Å². The fourth-order valence-corrected chi connectivity index (χ4v) is 2.91. The van der Waals surface area contributed by atoms with Gasteiger partial charge in [0.05, 0.1) is 12.1 Å². The lowest BCUT2D eigenvalue weighted by Gasteiger charge is -2.17. The van der Waals surface area contributed by atoms with Crippen molar-refractivity contribution in [3.05, 3.63) is 57.8 Å². The molecule has 0 radical (unpaired) electrons. The number of nitrogens with one attached hydrogen (secondary N) is 1. The zero-order valence-electron chi connectivity index (χ0n) is 11.8. The van der Waals surface area contributed by atoms with Gasteiger partial charge in [0.2, 0.25) is 0 Å². The summed E-state index contributed by atoms with van der Waals surface area (Å²) >= 11 is 11.1. The molecule has 0 aliphatic carbocycles. The smallest absolute Gasteiger partial charge is 0.256 e. The molecule has 1 saturated heterocycles. The highest BCUT2D eigenvalue weighted by molar-refractivity contribution is 7.71. The fourth-order valence-electron chi connectivity index (χ4n) is 2.50.